The van der Waals surface area contributed by atoms with Crippen LogP contribution in [-0.2, 0) is 9.53 Å². The van der Waals surface area contributed by atoms with Crippen LogP contribution in [0.4, 0.5) is 4.79 Å². The molecule has 0 aliphatic rings. The lowest BCUT2D eigenvalue weighted by Gasteiger charge is -2.27. The largest absolute Gasteiger partial charge is 0.444 e. The standard InChI is InChI=1S/C22H27N3O3/c1-21(2,3)28-20(27)23-22(4,5)19(26)25-24-18(16-12-8-6-9-13-16)17-14-10-7-11-15-17/h6-15H,1-5H3,(H,23,27)(H,25,26). The lowest BCUT2D eigenvalue weighted by molar-refractivity contribution is -0.126. The van der Waals surface area contributed by atoms with Crippen molar-refractivity contribution in [1.82, 2.24) is 10.7 Å². The van der Waals surface area contributed by atoms with Gasteiger partial charge in [0, 0.05) is 11.1 Å². The highest BCUT2D eigenvalue weighted by molar-refractivity contribution is 6.13. The molecule has 0 aromatic heterocycles. The van der Waals surface area contributed by atoms with E-state index in [4.69, 9.17) is 4.74 Å². The van der Waals surface area contributed by atoms with E-state index in [9.17, 15) is 9.59 Å². The highest BCUT2D eigenvalue weighted by Crippen LogP contribution is 2.12. The molecule has 0 spiro atoms. The van der Waals surface area contributed by atoms with Gasteiger partial charge in [0.05, 0.1) is 5.71 Å². The molecule has 28 heavy (non-hydrogen) atoms. The third kappa shape index (κ3) is 6.23. The predicted octanol–water partition coefficient (Wildman–Crippen LogP) is 3.86. The molecule has 2 rings (SSSR count). The van der Waals surface area contributed by atoms with Crippen LogP contribution in [0.3, 0.4) is 0 Å². The number of hydrazone groups is 1. The minimum Gasteiger partial charge on any atom is -0.444 e. The number of amides is 2. The monoisotopic (exact) mass is 381 g/mol. The van der Waals surface area contributed by atoms with Crippen LogP contribution in [-0.4, -0.2) is 28.9 Å². The summed E-state index contributed by atoms with van der Waals surface area (Å²) in [6.07, 6.45) is -0.664. The van der Waals surface area contributed by atoms with Crippen molar-refractivity contribution in [3.8, 4) is 0 Å². The highest BCUT2D eigenvalue weighted by atomic mass is 16.6. The Morgan fingerprint density at radius 1 is 0.821 bits per heavy atom. The summed E-state index contributed by atoms with van der Waals surface area (Å²) >= 11 is 0. The Kier molecular flexibility index (Phi) is 6.57. The number of carbonyl (C=O) groups excluding carboxylic acids is 2. The van der Waals surface area contributed by atoms with Gasteiger partial charge in [-0.05, 0) is 34.6 Å². The molecule has 2 amide bonds. The average molecular weight is 381 g/mol. The van der Waals surface area contributed by atoms with Gasteiger partial charge in [-0.2, -0.15) is 5.10 Å². The number of ether oxygens (including phenoxy) is 1. The van der Waals surface area contributed by atoms with Gasteiger partial charge < -0.3 is 10.1 Å². The third-order valence-electron chi connectivity index (χ3n) is 3.74. The molecule has 0 bridgehead atoms. The Morgan fingerprint density at radius 2 is 1.29 bits per heavy atom. The van der Waals surface area contributed by atoms with Crippen LogP contribution in [0.25, 0.3) is 0 Å². The fourth-order valence-electron chi connectivity index (χ4n) is 2.35. The Hall–Kier alpha value is -3.15. The summed E-state index contributed by atoms with van der Waals surface area (Å²) in [4.78, 5) is 24.7. The number of nitrogens with one attached hydrogen (secondary N) is 2. The first-order valence-corrected chi connectivity index (χ1v) is 9.09. The molecule has 0 fully saturated rings. The zero-order valence-corrected chi connectivity index (χ0v) is 16.9. The van der Waals surface area contributed by atoms with Crippen LogP contribution in [0.2, 0.25) is 0 Å². The lowest BCUT2D eigenvalue weighted by atomic mass is 10.0. The minimum atomic E-state index is -1.20. The van der Waals surface area contributed by atoms with Crippen LogP contribution >= 0.6 is 0 Å². The molecule has 0 aliphatic heterocycles. The Bertz CT molecular complexity index is 797. The topological polar surface area (TPSA) is 79.8 Å². The van der Waals surface area contributed by atoms with Crippen molar-refractivity contribution in [1.29, 1.82) is 0 Å². The molecule has 0 saturated carbocycles. The van der Waals surface area contributed by atoms with Gasteiger partial charge in [-0.1, -0.05) is 60.7 Å². The normalized spacial score (nSPS) is 11.3. The number of alkyl carbamates (subject to hydrolysis) is 1. The van der Waals surface area contributed by atoms with Crippen LogP contribution in [0.15, 0.2) is 65.8 Å². The van der Waals surface area contributed by atoms with Crippen molar-refractivity contribution in [2.24, 2.45) is 5.10 Å². The summed E-state index contributed by atoms with van der Waals surface area (Å²) in [5, 5.41) is 6.91. The molecule has 0 atom stereocenters. The number of carbonyl (C=O) groups is 2. The second kappa shape index (κ2) is 8.69. The van der Waals surface area contributed by atoms with E-state index in [0.29, 0.717) is 5.71 Å². The van der Waals surface area contributed by atoms with Gasteiger partial charge in [-0.15, -0.1) is 0 Å². The fraction of sp³-hybridized carbons (Fsp3) is 0.318. The molecular formula is C22H27N3O3. The average Bonchev–Trinajstić information content (AvgIpc) is 2.61. The molecule has 6 nitrogen and oxygen atoms in total. The van der Waals surface area contributed by atoms with Crippen molar-refractivity contribution in [3.63, 3.8) is 0 Å². The maximum atomic E-state index is 12.6. The van der Waals surface area contributed by atoms with E-state index < -0.39 is 23.1 Å². The van der Waals surface area contributed by atoms with Gasteiger partial charge in [-0.25, -0.2) is 10.2 Å². The first-order chi connectivity index (χ1) is 13.1. The number of rotatable bonds is 5. The second-order valence-corrected chi connectivity index (χ2v) is 7.89. The van der Waals surface area contributed by atoms with Crippen molar-refractivity contribution < 1.29 is 14.3 Å². The van der Waals surface area contributed by atoms with Gasteiger partial charge in [0.25, 0.3) is 5.91 Å². The molecule has 0 saturated heterocycles. The maximum absolute atomic E-state index is 12.6. The molecule has 0 heterocycles. The summed E-state index contributed by atoms with van der Waals surface area (Å²) in [5.41, 5.74) is 3.08. The zero-order chi connectivity index (χ0) is 20.8. The summed E-state index contributed by atoms with van der Waals surface area (Å²) in [6, 6.07) is 19.1. The number of hydrogen-bond donors (Lipinski definition) is 2. The minimum absolute atomic E-state index is 0.456. The van der Waals surface area contributed by atoms with E-state index in [0.717, 1.165) is 11.1 Å². The summed E-state index contributed by atoms with van der Waals surface area (Å²) in [5.74, 6) is -0.456. The molecule has 6 heteroatoms. The molecule has 0 aliphatic carbocycles. The molecule has 2 aromatic carbocycles. The van der Waals surface area contributed by atoms with Crippen molar-refractivity contribution >= 4 is 17.7 Å². The van der Waals surface area contributed by atoms with E-state index in [1.165, 1.54) is 0 Å². The fourth-order valence-corrected chi connectivity index (χ4v) is 2.35. The van der Waals surface area contributed by atoms with E-state index in [-0.39, 0.29) is 0 Å². The molecule has 0 unspecified atom stereocenters. The number of benzene rings is 2. The van der Waals surface area contributed by atoms with Crippen molar-refractivity contribution in [3.05, 3.63) is 71.8 Å². The zero-order valence-electron chi connectivity index (χ0n) is 16.9. The quantitative estimate of drug-likeness (QED) is 0.610. The second-order valence-electron chi connectivity index (χ2n) is 7.89. The summed E-state index contributed by atoms with van der Waals surface area (Å²) < 4.78 is 5.22. The summed E-state index contributed by atoms with van der Waals surface area (Å²) in [6.45, 7) is 8.46. The molecular weight excluding hydrogens is 354 g/mol. The molecule has 2 N–H and O–H groups in total. The van der Waals surface area contributed by atoms with E-state index >= 15 is 0 Å². The lowest BCUT2D eigenvalue weighted by Crippen LogP contribution is -2.54. The van der Waals surface area contributed by atoms with Gasteiger partial charge in [-0.3, -0.25) is 4.79 Å². The Balaban J connectivity index is 2.19. The third-order valence-corrected chi connectivity index (χ3v) is 3.74. The first-order valence-electron chi connectivity index (χ1n) is 9.09. The Labute approximate surface area is 166 Å². The number of hydrogen-bond acceptors (Lipinski definition) is 4. The van der Waals surface area contributed by atoms with E-state index in [2.05, 4.69) is 15.8 Å². The summed E-state index contributed by atoms with van der Waals surface area (Å²) in [7, 11) is 0. The number of nitrogens with zero attached hydrogens (tertiary/aromatic N) is 1. The first kappa shape index (κ1) is 21.2. The van der Waals surface area contributed by atoms with E-state index in [1.807, 2.05) is 60.7 Å². The van der Waals surface area contributed by atoms with Gasteiger partial charge in [0.15, 0.2) is 0 Å². The molecule has 2 aromatic rings. The van der Waals surface area contributed by atoms with Gasteiger partial charge >= 0.3 is 6.09 Å². The highest BCUT2D eigenvalue weighted by Gasteiger charge is 2.31. The van der Waals surface area contributed by atoms with Crippen LogP contribution < -0.4 is 10.7 Å². The van der Waals surface area contributed by atoms with Gasteiger partial charge in [0.1, 0.15) is 11.1 Å². The van der Waals surface area contributed by atoms with Crippen LogP contribution in [0, 0.1) is 0 Å². The smallest absolute Gasteiger partial charge is 0.408 e. The van der Waals surface area contributed by atoms with Crippen LogP contribution in [0.1, 0.15) is 45.7 Å². The maximum Gasteiger partial charge on any atom is 0.408 e. The van der Waals surface area contributed by atoms with Crippen molar-refractivity contribution in [2.75, 3.05) is 0 Å². The van der Waals surface area contributed by atoms with Gasteiger partial charge in [0.2, 0.25) is 0 Å². The Morgan fingerprint density at radius 3 is 1.71 bits per heavy atom. The molecule has 148 valence electrons. The van der Waals surface area contributed by atoms with Crippen LogP contribution in [0.5, 0.6) is 0 Å². The van der Waals surface area contributed by atoms with E-state index in [1.54, 1.807) is 34.6 Å². The SMILES string of the molecule is CC(C)(C)OC(=O)NC(C)(C)C(=O)NN=C(c1ccccc1)c1ccccc1. The van der Waals surface area contributed by atoms with Crippen molar-refractivity contribution in [2.45, 2.75) is 45.8 Å². The predicted molar refractivity (Wildman–Crippen MR) is 110 cm³/mol. The molecule has 0 radical (unpaired) electrons.